The lowest BCUT2D eigenvalue weighted by Crippen LogP contribution is -2.45. The van der Waals surface area contributed by atoms with Gasteiger partial charge >= 0.3 is 6.01 Å². The molecule has 1 aromatic heterocycles. The Kier molecular flexibility index (Phi) is 5.41. The Balaban J connectivity index is 1.56. The van der Waals surface area contributed by atoms with Crippen LogP contribution in [0.25, 0.3) is 0 Å². The number of aromatic nitrogens is 2. The molecule has 138 valence electrons. The lowest BCUT2D eigenvalue weighted by Gasteiger charge is -2.33. The van der Waals surface area contributed by atoms with Gasteiger partial charge in [-0.25, -0.2) is 18.7 Å². The minimum Gasteiger partial charge on any atom is -0.460 e. The molecule has 8 heteroatoms. The van der Waals surface area contributed by atoms with Gasteiger partial charge in [-0.05, 0) is 18.6 Å². The SMILES string of the molecule is Cc1cnc(OC2CCN(C(=O)C(N)c3ccc(F)cc3F)CC2)nc1. The Labute approximate surface area is 150 Å². The summed E-state index contributed by atoms with van der Waals surface area (Å²) >= 11 is 0. The molecule has 3 rings (SSSR count). The molecule has 0 saturated carbocycles. The van der Waals surface area contributed by atoms with E-state index in [4.69, 9.17) is 10.5 Å². The first-order valence-electron chi connectivity index (χ1n) is 8.38. The summed E-state index contributed by atoms with van der Waals surface area (Å²) in [4.78, 5) is 22.3. The number of piperidine rings is 1. The molecule has 1 aliphatic heterocycles. The molecule has 2 heterocycles. The van der Waals surface area contributed by atoms with Crippen LogP contribution in [0, 0.1) is 18.6 Å². The average molecular weight is 362 g/mol. The van der Waals surface area contributed by atoms with Gasteiger partial charge in [0.15, 0.2) is 0 Å². The Hall–Kier alpha value is -2.61. The first kappa shape index (κ1) is 18.2. The molecule has 1 atom stereocenters. The van der Waals surface area contributed by atoms with Gasteiger partial charge in [0.1, 0.15) is 23.8 Å². The van der Waals surface area contributed by atoms with Crippen LogP contribution >= 0.6 is 0 Å². The molecule has 1 unspecified atom stereocenters. The molecule has 1 amide bonds. The molecule has 1 aliphatic rings. The number of rotatable bonds is 4. The van der Waals surface area contributed by atoms with E-state index >= 15 is 0 Å². The fraction of sp³-hybridized carbons (Fsp3) is 0.389. The smallest absolute Gasteiger partial charge is 0.316 e. The zero-order valence-corrected chi connectivity index (χ0v) is 14.4. The number of carbonyl (C=O) groups is 1. The number of nitrogens with zero attached hydrogens (tertiary/aromatic N) is 3. The molecule has 0 aliphatic carbocycles. The summed E-state index contributed by atoms with van der Waals surface area (Å²) in [6.07, 6.45) is 4.46. The number of likely N-dealkylation sites (tertiary alicyclic amines) is 1. The summed E-state index contributed by atoms with van der Waals surface area (Å²) in [7, 11) is 0. The van der Waals surface area contributed by atoms with Crippen LogP contribution in [0.5, 0.6) is 6.01 Å². The van der Waals surface area contributed by atoms with Crippen LogP contribution < -0.4 is 10.5 Å². The Morgan fingerprint density at radius 3 is 2.54 bits per heavy atom. The zero-order valence-electron chi connectivity index (χ0n) is 14.4. The highest BCUT2D eigenvalue weighted by Gasteiger charge is 2.29. The van der Waals surface area contributed by atoms with Crippen molar-refractivity contribution in [2.24, 2.45) is 5.73 Å². The van der Waals surface area contributed by atoms with E-state index in [2.05, 4.69) is 9.97 Å². The number of carbonyl (C=O) groups excluding carboxylic acids is 1. The van der Waals surface area contributed by atoms with Crippen LogP contribution in [0.15, 0.2) is 30.6 Å². The maximum Gasteiger partial charge on any atom is 0.316 e. The molecule has 2 aromatic rings. The van der Waals surface area contributed by atoms with Crippen molar-refractivity contribution in [2.45, 2.75) is 31.9 Å². The average Bonchev–Trinajstić information content (AvgIpc) is 2.63. The Morgan fingerprint density at radius 2 is 1.92 bits per heavy atom. The number of ether oxygens (including phenoxy) is 1. The van der Waals surface area contributed by atoms with Gasteiger partial charge in [-0.1, -0.05) is 6.07 Å². The van der Waals surface area contributed by atoms with E-state index in [1.54, 1.807) is 17.3 Å². The molecule has 1 aromatic carbocycles. The molecule has 2 N–H and O–H groups in total. The normalized spacial score (nSPS) is 16.4. The first-order valence-corrected chi connectivity index (χ1v) is 8.38. The van der Waals surface area contributed by atoms with E-state index in [0.29, 0.717) is 31.9 Å². The minimum atomic E-state index is -1.16. The lowest BCUT2D eigenvalue weighted by atomic mass is 10.0. The van der Waals surface area contributed by atoms with E-state index in [1.807, 2.05) is 6.92 Å². The highest BCUT2D eigenvalue weighted by atomic mass is 19.1. The maximum absolute atomic E-state index is 13.8. The highest BCUT2D eigenvalue weighted by molar-refractivity contribution is 5.83. The molecular formula is C18H20F2N4O2. The van der Waals surface area contributed by atoms with Crippen LogP contribution in [-0.2, 0) is 4.79 Å². The largest absolute Gasteiger partial charge is 0.460 e. The molecule has 6 nitrogen and oxygen atoms in total. The van der Waals surface area contributed by atoms with E-state index < -0.39 is 17.7 Å². The van der Waals surface area contributed by atoms with Crippen molar-refractivity contribution >= 4 is 5.91 Å². The van der Waals surface area contributed by atoms with Crippen LogP contribution in [0.2, 0.25) is 0 Å². The third-order valence-corrected chi connectivity index (χ3v) is 4.35. The summed E-state index contributed by atoms with van der Waals surface area (Å²) in [6.45, 7) is 2.76. The molecule has 1 saturated heterocycles. The van der Waals surface area contributed by atoms with Gasteiger partial charge in [0.05, 0.1) is 0 Å². The quantitative estimate of drug-likeness (QED) is 0.901. The topological polar surface area (TPSA) is 81.3 Å². The second-order valence-electron chi connectivity index (χ2n) is 6.33. The van der Waals surface area contributed by atoms with Crippen molar-refractivity contribution in [3.63, 3.8) is 0 Å². The highest BCUT2D eigenvalue weighted by Crippen LogP contribution is 2.22. The molecule has 0 bridgehead atoms. The zero-order chi connectivity index (χ0) is 18.7. The van der Waals surface area contributed by atoms with Crippen molar-refractivity contribution in [3.8, 4) is 6.01 Å². The summed E-state index contributed by atoms with van der Waals surface area (Å²) < 4.78 is 32.6. The number of hydrogen-bond donors (Lipinski definition) is 1. The van der Waals surface area contributed by atoms with Crippen molar-refractivity contribution in [2.75, 3.05) is 13.1 Å². The summed E-state index contributed by atoms with van der Waals surface area (Å²) in [6, 6.07) is 2.17. The first-order chi connectivity index (χ1) is 12.4. The van der Waals surface area contributed by atoms with Crippen LogP contribution in [-0.4, -0.2) is 40.0 Å². The number of benzene rings is 1. The van der Waals surface area contributed by atoms with E-state index in [9.17, 15) is 13.6 Å². The standard InChI is InChI=1S/C18H20F2N4O2/c1-11-9-22-18(23-10-11)26-13-4-6-24(7-5-13)17(25)16(21)14-3-2-12(19)8-15(14)20/h2-3,8-10,13,16H,4-7,21H2,1H3. The fourth-order valence-corrected chi connectivity index (χ4v) is 2.87. The number of halogens is 2. The van der Waals surface area contributed by atoms with Gasteiger partial charge in [0.25, 0.3) is 0 Å². The van der Waals surface area contributed by atoms with Crippen LogP contribution in [0.1, 0.15) is 30.0 Å². The van der Waals surface area contributed by atoms with Crippen molar-refractivity contribution in [3.05, 3.63) is 53.4 Å². The minimum absolute atomic E-state index is 0.0113. The summed E-state index contributed by atoms with van der Waals surface area (Å²) in [5, 5.41) is 0. The van der Waals surface area contributed by atoms with Crippen molar-refractivity contribution < 1.29 is 18.3 Å². The third-order valence-electron chi connectivity index (χ3n) is 4.35. The van der Waals surface area contributed by atoms with Crippen molar-refractivity contribution in [1.82, 2.24) is 14.9 Å². The Bertz CT molecular complexity index is 777. The molecule has 26 heavy (non-hydrogen) atoms. The fourth-order valence-electron chi connectivity index (χ4n) is 2.87. The van der Waals surface area contributed by atoms with Gasteiger partial charge in [0, 0.05) is 50.0 Å². The molecule has 0 radical (unpaired) electrons. The molecular weight excluding hydrogens is 342 g/mol. The van der Waals surface area contributed by atoms with E-state index in [-0.39, 0.29) is 17.6 Å². The Morgan fingerprint density at radius 1 is 1.27 bits per heavy atom. The van der Waals surface area contributed by atoms with Crippen LogP contribution in [0.4, 0.5) is 8.78 Å². The number of amides is 1. The van der Waals surface area contributed by atoms with Gasteiger partial charge in [-0.3, -0.25) is 4.79 Å². The van der Waals surface area contributed by atoms with E-state index in [1.165, 1.54) is 6.07 Å². The summed E-state index contributed by atoms with van der Waals surface area (Å²) in [5.74, 6) is -1.91. The molecule has 1 fully saturated rings. The predicted molar refractivity (Wildman–Crippen MR) is 90.3 cm³/mol. The van der Waals surface area contributed by atoms with Crippen LogP contribution in [0.3, 0.4) is 0 Å². The van der Waals surface area contributed by atoms with Crippen molar-refractivity contribution in [1.29, 1.82) is 0 Å². The van der Waals surface area contributed by atoms with Gasteiger partial charge in [-0.2, -0.15) is 0 Å². The lowest BCUT2D eigenvalue weighted by molar-refractivity contribution is -0.134. The van der Waals surface area contributed by atoms with Gasteiger partial charge in [-0.15, -0.1) is 0 Å². The monoisotopic (exact) mass is 362 g/mol. The number of hydrogen-bond acceptors (Lipinski definition) is 5. The number of aryl methyl sites for hydroxylation is 1. The predicted octanol–water partition coefficient (Wildman–Crippen LogP) is 2.13. The summed E-state index contributed by atoms with van der Waals surface area (Å²) in [5.41, 5.74) is 6.82. The molecule has 0 spiro atoms. The van der Waals surface area contributed by atoms with Gasteiger partial charge in [0.2, 0.25) is 5.91 Å². The number of nitrogens with two attached hydrogens (primary N) is 1. The van der Waals surface area contributed by atoms with E-state index in [0.717, 1.165) is 17.7 Å². The van der Waals surface area contributed by atoms with Gasteiger partial charge < -0.3 is 15.4 Å². The third kappa shape index (κ3) is 4.13. The maximum atomic E-state index is 13.8. The second kappa shape index (κ2) is 7.74. The second-order valence-corrected chi connectivity index (χ2v) is 6.33.